The van der Waals surface area contributed by atoms with Gasteiger partial charge in [0.05, 0.1) is 54.2 Å². The van der Waals surface area contributed by atoms with Gasteiger partial charge in [-0.2, -0.15) is 13.2 Å². The van der Waals surface area contributed by atoms with Gasteiger partial charge in [-0.1, -0.05) is 43.2 Å². The van der Waals surface area contributed by atoms with Crippen LogP contribution in [0.2, 0.25) is 0 Å². The molecule has 6 atom stereocenters. The van der Waals surface area contributed by atoms with Crippen LogP contribution in [0, 0.1) is 11.8 Å². The molecule has 4 aromatic rings. The van der Waals surface area contributed by atoms with Crippen molar-refractivity contribution in [2.75, 3.05) is 19.0 Å². The number of rotatable bonds is 12. The number of alkyl halides is 3. The molecule has 1 unspecified atom stereocenters. The zero-order valence-electron chi connectivity index (χ0n) is 37.6. The first-order valence-corrected chi connectivity index (χ1v) is 25.8. The number of carbonyl (C=O) groups excluding carboxylic acids is 3. The maximum atomic E-state index is 15.0. The Hall–Kier alpha value is -4.79. The molecule has 2 saturated carbocycles. The highest BCUT2D eigenvalue weighted by molar-refractivity contribution is 7.59. The van der Waals surface area contributed by atoms with Gasteiger partial charge in [0.25, 0.3) is 0 Å². The lowest BCUT2D eigenvalue weighted by atomic mass is 9.94. The predicted octanol–water partition coefficient (Wildman–Crippen LogP) is 10.8. The number of ketones is 1. The Labute approximate surface area is 387 Å². The first kappa shape index (κ1) is 47.7. The van der Waals surface area contributed by atoms with Crippen molar-refractivity contribution in [3.05, 3.63) is 77.2 Å². The third-order valence-electron chi connectivity index (χ3n) is 13.5. The van der Waals surface area contributed by atoms with E-state index in [0.717, 1.165) is 49.7 Å². The number of carbonyl (C=O) groups is 3. The zero-order chi connectivity index (χ0) is 46.8. The van der Waals surface area contributed by atoms with Gasteiger partial charge in [0.2, 0.25) is 13.3 Å². The monoisotopic (exact) mass is 950 g/mol. The van der Waals surface area contributed by atoms with Gasteiger partial charge < -0.3 is 29.3 Å². The van der Waals surface area contributed by atoms with Crippen LogP contribution in [0.15, 0.2) is 66.1 Å². The summed E-state index contributed by atoms with van der Waals surface area (Å²) in [6.45, 7) is 4.01. The summed E-state index contributed by atoms with van der Waals surface area (Å²) < 4.78 is 75.4. The van der Waals surface area contributed by atoms with Crippen molar-refractivity contribution in [3.63, 3.8) is 0 Å². The number of methoxy groups -OCH3 is 1. The summed E-state index contributed by atoms with van der Waals surface area (Å²) >= 11 is 1.44. The Balaban J connectivity index is 1.14. The molecule has 354 valence electrons. The number of pyridine rings is 1. The summed E-state index contributed by atoms with van der Waals surface area (Å²) in [5.74, 6) is -1.67. The van der Waals surface area contributed by atoms with E-state index in [0.29, 0.717) is 53.1 Å². The molecule has 4 aliphatic rings. The summed E-state index contributed by atoms with van der Waals surface area (Å²) in [5.41, 5.74) is 0.395. The highest BCUT2D eigenvalue weighted by Gasteiger charge is 2.65. The number of nitrogens with one attached hydrogen (secondary N) is 1. The van der Waals surface area contributed by atoms with Crippen LogP contribution < -0.4 is 14.8 Å². The molecule has 12 nitrogen and oxygen atoms in total. The number of allylic oxidation sites excluding steroid dienone is 2. The number of Topliss-reactive ketones (excluding diaryl/α,β-unsaturated/α-hetero) is 1. The topological polar surface area (TPSA) is 157 Å². The summed E-state index contributed by atoms with van der Waals surface area (Å²) in [6, 6.07) is 11.0. The third kappa shape index (κ3) is 10.7. The number of ether oxygens (including phenoxy) is 3. The second-order valence-corrected chi connectivity index (χ2v) is 22.1. The van der Waals surface area contributed by atoms with E-state index >= 15 is 0 Å². The third-order valence-corrected chi connectivity index (χ3v) is 17.1. The van der Waals surface area contributed by atoms with E-state index in [-0.39, 0.29) is 43.5 Å². The van der Waals surface area contributed by atoms with Crippen molar-refractivity contribution in [1.29, 1.82) is 0 Å². The van der Waals surface area contributed by atoms with Gasteiger partial charge >= 0.3 is 12.1 Å². The number of halogens is 3. The standard InChI is InChI=1S/C49H58F3N4O8PS/c1-30(2)53-47-55-41(29-66-47)40-24-44(37-20-19-35(62-3)22-39(37)54-40)63-36-23-42-43(57)26-48(65(60,61)28-32-14-9-12-18-38(32)49(50,51)52)25-33(48)15-8-6-4-5-7-13-31(46(59)56(42)27-36)21-45(58)64-34-16-10-11-17-34/h8-9,12,14-15,18-20,22,24,29-31,33-34,36,42H,4-7,10-11,13,16-17,21,23,25-28H2,1-3H3,(H,53,55)(H,60,61)/b15-8-/t31-,33-,36-,42+,48-/m1/s1. The SMILES string of the molecule is COc1ccc2c(O[C@@H]3C[C@H]4C(=O)C[C@]5(P(=O)(O)Cc6ccccc6C(F)(F)F)C[C@H]5/C=C\CCCCC[C@H](CC(=O)OC5CCCC5)C(=O)N4C3)cc(-c3csc(NC(C)C)n3)nc2c1. The van der Waals surface area contributed by atoms with Crippen LogP contribution >= 0.6 is 18.7 Å². The number of fused-ring (bicyclic) bond motifs is 3. The smallest absolute Gasteiger partial charge is 0.416 e. The molecule has 2 aliphatic heterocycles. The second-order valence-electron chi connectivity index (χ2n) is 18.6. The molecule has 2 N–H and O–H groups in total. The van der Waals surface area contributed by atoms with E-state index in [1.807, 2.05) is 37.4 Å². The number of thiazole rings is 1. The number of nitrogens with zero attached hydrogens (tertiary/aromatic N) is 3. The molecule has 0 spiro atoms. The fourth-order valence-electron chi connectivity index (χ4n) is 9.97. The average Bonchev–Trinajstić information content (AvgIpc) is 3.68. The van der Waals surface area contributed by atoms with Gasteiger partial charge in [0.15, 0.2) is 10.9 Å². The number of hydrogen-bond donors (Lipinski definition) is 2. The highest BCUT2D eigenvalue weighted by atomic mass is 32.1. The minimum absolute atomic E-state index is 0.0239. The van der Waals surface area contributed by atoms with Gasteiger partial charge in [0, 0.05) is 47.7 Å². The van der Waals surface area contributed by atoms with Crippen molar-refractivity contribution in [3.8, 4) is 22.9 Å². The molecule has 4 heterocycles. The lowest BCUT2D eigenvalue weighted by Gasteiger charge is -2.30. The minimum atomic E-state index is -4.75. The van der Waals surface area contributed by atoms with E-state index in [9.17, 15) is 37.0 Å². The Kier molecular flexibility index (Phi) is 14.3. The lowest BCUT2D eigenvalue weighted by molar-refractivity contribution is -0.154. The van der Waals surface area contributed by atoms with Crippen LogP contribution in [-0.4, -0.2) is 80.5 Å². The Morgan fingerprint density at radius 2 is 1.79 bits per heavy atom. The Morgan fingerprint density at radius 3 is 2.55 bits per heavy atom. The molecule has 8 rings (SSSR count). The number of aromatic nitrogens is 2. The summed E-state index contributed by atoms with van der Waals surface area (Å²) in [6.07, 6.45) is 3.53. The zero-order valence-corrected chi connectivity index (χ0v) is 39.3. The number of anilines is 1. The minimum Gasteiger partial charge on any atom is -0.497 e. The van der Waals surface area contributed by atoms with Crippen molar-refractivity contribution in [2.24, 2.45) is 11.8 Å². The first-order valence-electron chi connectivity index (χ1n) is 23.1. The number of amides is 1. The number of hydrogen-bond acceptors (Lipinski definition) is 11. The molecule has 1 saturated heterocycles. The van der Waals surface area contributed by atoms with Crippen LogP contribution in [0.25, 0.3) is 22.3 Å². The number of esters is 1. The van der Waals surface area contributed by atoms with Crippen molar-refractivity contribution in [1.82, 2.24) is 14.9 Å². The van der Waals surface area contributed by atoms with Gasteiger partial charge in [-0.3, -0.25) is 18.9 Å². The molecule has 3 fully saturated rings. The van der Waals surface area contributed by atoms with Crippen molar-refractivity contribution >= 4 is 52.4 Å². The Bertz CT molecular complexity index is 2510. The Morgan fingerprint density at radius 1 is 1.02 bits per heavy atom. The van der Waals surface area contributed by atoms with E-state index in [4.69, 9.17) is 24.2 Å². The second kappa shape index (κ2) is 19.8. The van der Waals surface area contributed by atoms with Crippen LogP contribution in [0.1, 0.15) is 108 Å². The summed E-state index contributed by atoms with van der Waals surface area (Å²) in [5, 5.41) is 5.04. The lowest BCUT2D eigenvalue weighted by Crippen LogP contribution is -2.45. The van der Waals surface area contributed by atoms with Gasteiger partial charge in [-0.15, -0.1) is 11.3 Å². The van der Waals surface area contributed by atoms with Crippen molar-refractivity contribution in [2.45, 2.75) is 139 Å². The molecule has 0 radical (unpaired) electrons. The molecular weight excluding hydrogens is 893 g/mol. The molecule has 2 aromatic heterocycles. The van der Waals surface area contributed by atoms with E-state index in [2.05, 4.69) is 5.32 Å². The highest BCUT2D eigenvalue weighted by Crippen LogP contribution is 2.74. The fraction of sp³-hybridized carbons (Fsp3) is 0.531. The van der Waals surface area contributed by atoms with Gasteiger partial charge in [-0.05, 0) is 94.9 Å². The molecule has 2 aromatic carbocycles. The molecule has 0 bridgehead atoms. The van der Waals surface area contributed by atoms with Crippen LogP contribution in [-0.2, 0) is 36.0 Å². The maximum absolute atomic E-state index is 15.0. The predicted molar refractivity (Wildman–Crippen MR) is 247 cm³/mol. The molecule has 1 amide bonds. The van der Waals surface area contributed by atoms with Gasteiger partial charge in [-0.25, -0.2) is 9.97 Å². The largest absolute Gasteiger partial charge is 0.497 e. The van der Waals surface area contributed by atoms with E-state index < -0.39 is 78.5 Å². The first-order chi connectivity index (χ1) is 31.5. The summed E-state index contributed by atoms with van der Waals surface area (Å²) in [7, 11) is -2.97. The average molecular weight is 951 g/mol. The number of benzene rings is 2. The fourth-order valence-corrected chi connectivity index (χ4v) is 13.4. The molecular formula is C49H58F3N4O8PS. The summed E-state index contributed by atoms with van der Waals surface area (Å²) in [4.78, 5) is 66.5. The van der Waals surface area contributed by atoms with Crippen LogP contribution in [0.4, 0.5) is 18.3 Å². The molecule has 66 heavy (non-hydrogen) atoms. The van der Waals surface area contributed by atoms with Crippen molar-refractivity contribution < 1.29 is 51.2 Å². The maximum Gasteiger partial charge on any atom is 0.416 e. The molecule has 17 heteroatoms. The van der Waals surface area contributed by atoms with Gasteiger partial charge in [0.1, 0.15) is 29.4 Å². The quantitative estimate of drug-likeness (QED) is 0.0791. The van der Waals surface area contributed by atoms with Crippen LogP contribution in [0.5, 0.6) is 11.5 Å². The van der Waals surface area contributed by atoms with E-state index in [1.54, 1.807) is 25.3 Å². The van der Waals surface area contributed by atoms with E-state index in [1.165, 1.54) is 34.4 Å². The normalized spacial score (nSPS) is 25.7. The van der Waals surface area contributed by atoms with Crippen LogP contribution in [0.3, 0.4) is 0 Å². The molecule has 2 aliphatic carbocycles.